The molecule has 2 N–H and O–H groups in total. The molecule has 2 aliphatic rings. The molecular weight excluding hydrogens is 832 g/mol. The van der Waals surface area contributed by atoms with Crippen LogP contribution in [-0.4, -0.2) is 29.9 Å². The number of nitrogens with one attached hydrogen (secondary N) is 2. The molecule has 62 heavy (non-hydrogen) atoms. The Morgan fingerprint density at radius 1 is 0.613 bits per heavy atom. The second kappa shape index (κ2) is 18.6. The number of allylic oxidation sites excluding steroid dienone is 2. The molecule has 0 spiro atoms. The van der Waals surface area contributed by atoms with Crippen LogP contribution in [0, 0.1) is 66.1 Å². The molecule has 0 fully saturated rings. The van der Waals surface area contributed by atoms with Crippen molar-refractivity contribution in [3.63, 3.8) is 0 Å². The van der Waals surface area contributed by atoms with Crippen LogP contribution in [0.1, 0.15) is 50.1 Å². The molecule has 0 aliphatic carbocycles. The SMILES string of the molecule is Cc1cc(/C=C/C#N)cc(C)c1N1C(=S)Cc2cnc(Nc3ccc(C#N)cc3)nc21.Cc1cc(/C=C/C#N)cc(Cl)c1N1C(=S)Cc2cnc(Nc3ccc(C#N)cc3)nc21. The van der Waals surface area contributed by atoms with Crippen molar-refractivity contribution in [3.8, 4) is 24.3 Å². The van der Waals surface area contributed by atoms with E-state index in [1.807, 2.05) is 73.0 Å². The predicted molar refractivity (Wildman–Crippen MR) is 251 cm³/mol. The molecule has 0 bridgehead atoms. The number of thiocarbonyl (C=S) groups is 2. The molecular formula is C47H33ClN12S2. The van der Waals surface area contributed by atoms with E-state index in [-0.39, 0.29) is 0 Å². The maximum atomic E-state index is 8.96. The number of anilines is 8. The lowest BCUT2D eigenvalue weighted by molar-refractivity contribution is 1.12. The van der Waals surface area contributed by atoms with Crippen LogP contribution in [0.2, 0.25) is 5.02 Å². The molecule has 0 atom stereocenters. The number of rotatable bonds is 8. The summed E-state index contributed by atoms with van der Waals surface area (Å²) in [5, 5.41) is 42.3. The average Bonchev–Trinajstić information content (AvgIpc) is 3.76. The van der Waals surface area contributed by atoms with Crippen molar-refractivity contribution >= 4 is 104 Å². The molecule has 2 aromatic heterocycles. The summed E-state index contributed by atoms with van der Waals surface area (Å²) in [6.07, 6.45) is 11.1. The van der Waals surface area contributed by atoms with Gasteiger partial charge in [-0.25, -0.2) is 9.97 Å². The monoisotopic (exact) mass is 864 g/mol. The van der Waals surface area contributed by atoms with Gasteiger partial charge in [0.25, 0.3) is 0 Å². The van der Waals surface area contributed by atoms with Crippen LogP contribution < -0.4 is 20.4 Å². The van der Waals surface area contributed by atoms with Gasteiger partial charge in [-0.05, 0) is 134 Å². The topological polar surface area (TPSA) is 177 Å². The molecule has 4 aromatic carbocycles. The zero-order chi connectivity index (χ0) is 43.9. The lowest BCUT2D eigenvalue weighted by Gasteiger charge is -2.24. The van der Waals surface area contributed by atoms with E-state index < -0.39 is 0 Å². The number of hydrogen-bond donors (Lipinski definition) is 2. The van der Waals surface area contributed by atoms with Gasteiger partial charge in [0.15, 0.2) is 0 Å². The van der Waals surface area contributed by atoms with Gasteiger partial charge in [0, 0.05) is 59.9 Å². The smallest absolute Gasteiger partial charge is 0.229 e. The molecule has 15 heteroatoms. The molecule has 0 amide bonds. The Bertz CT molecular complexity index is 2760. The minimum Gasteiger partial charge on any atom is -0.324 e. The van der Waals surface area contributed by atoms with Crippen molar-refractivity contribution in [1.82, 2.24) is 19.9 Å². The first-order valence-corrected chi connectivity index (χ1v) is 20.2. The van der Waals surface area contributed by atoms with Gasteiger partial charge < -0.3 is 10.6 Å². The number of fused-ring (bicyclic) bond motifs is 2. The van der Waals surface area contributed by atoms with Crippen LogP contribution in [0.4, 0.5) is 46.3 Å². The highest BCUT2D eigenvalue weighted by Crippen LogP contribution is 2.42. The fraction of sp³-hybridized carbons (Fsp3) is 0.106. The average molecular weight is 865 g/mol. The van der Waals surface area contributed by atoms with Gasteiger partial charge in [0.2, 0.25) is 11.9 Å². The van der Waals surface area contributed by atoms with Crippen molar-refractivity contribution in [2.75, 3.05) is 20.4 Å². The molecule has 0 saturated heterocycles. The molecule has 12 nitrogen and oxygen atoms in total. The minimum absolute atomic E-state index is 0.417. The van der Waals surface area contributed by atoms with E-state index in [4.69, 9.17) is 62.1 Å². The van der Waals surface area contributed by atoms with Crippen LogP contribution in [0.25, 0.3) is 12.2 Å². The van der Waals surface area contributed by atoms with E-state index in [1.54, 1.807) is 67.0 Å². The number of nitriles is 4. The van der Waals surface area contributed by atoms with Crippen molar-refractivity contribution < 1.29 is 0 Å². The molecule has 2 aliphatic heterocycles. The Hall–Kier alpha value is -7.85. The van der Waals surface area contributed by atoms with Gasteiger partial charge in [0.05, 0.1) is 61.8 Å². The summed E-state index contributed by atoms with van der Waals surface area (Å²) < 4.78 is 0. The van der Waals surface area contributed by atoms with Gasteiger partial charge in [-0.2, -0.15) is 31.0 Å². The van der Waals surface area contributed by atoms with Crippen LogP contribution in [0.5, 0.6) is 0 Å². The van der Waals surface area contributed by atoms with Crippen molar-refractivity contribution in [1.29, 1.82) is 21.0 Å². The molecule has 4 heterocycles. The Labute approximate surface area is 374 Å². The molecule has 6 aromatic rings. The maximum absolute atomic E-state index is 8.96. The highest BCUT2D eigenvalue weighted by Gasteiger charge is 2.32. The summed E-state index contributed by atoms with van der Waals surface area (Å²) in [5.41, 5.74) is 11.2. The third-order valence-corrected chi connectivity index (χ3v) is 10.7. The molecule has 300 valence electrons. The number of aryl methyl sites for hydroxylation is 3. The number of benzene rings is 4. The molecule has 8 rings (SSSR count). The number of nitrogens with zero attached hydrogens (tertiary/aromatic N) is 10. The first-order chi connectivity index (χ1) is 30.0. The lowest BCUT2D eigenvalue weighted by Crippen LogP contribution is -2.22. The summed E-state index contributed by atoms with van der Waals surface area (Å²) in [7, 11) is 0. The van der Waals surface area contributed by atoms with Crippen molar-refractivity contribution in [2.24, 2.45) is 0 Å². The van der Waals surface area contributed by atoms with E-state index in [0.717, 1.165) is 72.5 Å². The van der Waals surface area contributed by atoms with Crippen LogP contribution in [0.15, 0.2) is 97.3 Å². The largest absolute Gasteiger partial charge is 0.324 e. The van der Waals surface area contributed by atoms with Gasteiger partial charge in [0.1, 0.15) is 11.6 Å². The fourth-order valence-corrected chi connectivity index (χ4v) is 8.12. The molecule has 0 unspecified atom stereocenters. The van der Waals surface area contributed by atoms with E-state index in [1.165, 1.54) is 12.2 Å². The fourth-order valence-electron chi connectivity index (χ4n) is 7.10. The van der Waals surface area contributed by atoms with E-state index in [9.17, 15) is 0 Å². The van der Waals surface area contributed by atoms with Crippen LogP contribution in [0.3, 0.4) is 0 Å². The van der Waals surface area contributed by atoms with Gasteiger partial charge in [-0.15, -0.1) is 0 Å². The Balaban J connectivity index is 0.000000186. The second-order valence-corrected chi connectivity index (χ2v) is 15.5. The highest BCUT2D eigenvalue weighted by atomic mass is 35.5. The number of halogens is 1. The van der Waals surface area contributed by atoms with E-state index >= 15 is 0 Å². The Morgan fingerprint density at radius 2 is 1.02 bits per heavy atom. The van der Waals surface area contributed by atoms with Crippen LogP contribution >= 0.6 is 36.0 Å². The number of aromatic nitrogens is 4. The number of hydrogen-bond acceptors (Lipinski definition) is 12. The summed E-state index contributed by atoms with van der Waals surface area (Å²) in [6.45, 7) is 6.01. The van der Waals surface area contributed by atoms with Crippen LogP contribution in [-0.2, 0) is 12.8 Å². The highest BCUT2D eigenvalue weighted by molar-refractivity contribution is 7.81. The minimum atomic E-state index is 0.417. The van der Waals surface area contributed by atoms with Crippen molar-refractivity contribution in [2.45, 2.75) is 33.6 Å². The third-order valence-electron chi connectivity index (χ3n) is 9.77. The quantitative estimate of drug-likeness (QED) is 0.109. The predicted octanol–water partition coefficient (Wildman–Crippen LogP) is 10.9. The summed E-state index contributed by atoms with van der Waals surface area (Å²) in [6, 6.07) is 30.2. The Kier molecular flexibility index (Phi) is 12.7. The van der Waals surface area contributed by atoms with Crippen molar-refractivity contribution in [3.05, 3.63) is 152 Å². The van der Waals surface area contributed by atoms with Gasteiger partial charge in [-0.3, -0.25) is 9.80 Å². The molecule has 0 saturated carbocycles. The zero-order valence-electron chi connectivity index (χ0n) is 33.5. The Morgan fingerprint density at radius 3 is 1.42 bits per heavy atom. The summed E-state index contributed by atoms with van der Waals surface area (Å²) in [4.78, 5) is 23.6. The second-order valence-electron chi connectivity index (χ2n) is 14.1. The van der Waals surface area contributed by atoms with Gasteiger partial charge >= 0.3 is 0 Å². The molecule has 0 radical (unpaired) electrons. The first-order valence-electron chi connectivity index (χ1n) is 19.0. The third kappa shape index (κ3) is 9.14. The standard InChI is InChI=1S/C24H18N6S.C23H15ClN6S/c1-15-10-18(4-3-9-25)11-16(2)22(15)30-21(31)12-19-14-27-24(29-23(19)30)28-20-7-5-17(13-26)6-8-20;1-14-9-16(3-2-8-25)10-19(24)21(14)30-20(31)11-17-13-27-23(29-22(17)30)28-18-6-4-15(12-26)5-7-18/h3-8,10-11,14H,12H2,1-2H3,(H,27,28,29);2-7,9-10,13H,11H2,1H3,(H,27,28,29)/b4-3+;3-2+. The lowest BCUT2D eigenvalue weighted by atomic mass is 10.0. The van der Waals surface area contributed by atoms with E-state index in [0.29, 0.717) is 51.7 Å². The van der Waals surface area contributed by atoms with Gasteiger partial charge in [-0.1, -0.05) is 36.0 Å². The maximum Gasteiger partial charge on any atom is 0.229 e. The first kappa shape index (κ1) is 42.3. The summed E-state index contributed by atoms with van der Waals surface area (Å²) in [5.74, 6) is 2.33. The normalized spacial score (nSPS) is 12.5. The van der Waals surface area contributed by atoms with E-state index in [2.05, 4.69) is 37.7 Å². The summed E-state index contributed by atoms with van der Waals surface area (Å²) >= 11 is 18.0. The zero-order valence-corrected chi connectivity index (χ0v) is 35.9.